The van der Waals surface area contributed by atoms with Gasteiger partial charge in [0, 0.05) is 6.42 Å². The minimum absolute atomic E-state index is 0.255. The Morgan fingerprint density at radius 2 is 1.68 bits per heavy atom. The van der Waals surface area contributed by atoms with Crippen molar-refractivity contribution in [1.82, 2.24) is 5.43 Å². The Morgan fingerprint density at radius 1 is 1.11 bits per heavy atom. The molecule has 0 spiro atoms. The van der Waals surface area contributed by atoms with E-state index < -0.39 is 5.92 Å². The Bertz CT molecular complexity index is 883. The van der Waals surface area contributed by atoms with Crippen LogP contribution in [0.25, 0.3) is 5.57 Å². The fraction of sp³-hybridized carbons (Fsp3) is 0.261. The summed E-state index contributed by atoms with van der Waals surface area (Å²) < 4.78 is 26.2. The van der Waals surface area contributed by atoms with Crippen molar-refractivity contribution in [1.29, 1.82) is 5.26 Å². The number of aryl methyl sites for hydroxylation is 1. The van der Waals surface area contributed by atoms with Crippen molar-refractivity contribution >= 4 is 5.57 Å². The molecule has 0 aliphatic rings. The van der Waals surface area contributed by atoms with Gasteiger partial charge in [-0.05, 0) is 55.0 Å². The molecule has 0 aliphatic carbocycles. The average molecular weight is 381 g/mol. The van der Waals surface area contributed by atoms with E-state index in [1.54, 1.807) is 12.1 Å². The van der Waals surface area contributed by atoms with E-state index in [0.29, 0.717) is 17.7 Å². The van der Waals surface area contributed by atoms with Crippen molar-refractivity contribution in [2.45, 2.75) is 39.5 Å². The van der Waals surface area contributed by atoms with Gasteiger partial charge in [-0.2, -0.15) is 5.26 Å². The molecule has 146 valence electrons. The summed E-state index contributed by atoms with van der Waals surface area (Å²) in [5.41, 5.74) is 8.28. The Morgan fingerprint density at radius 3 is 2.18 bits per heavy atom. The molecule has 0 aromatic heterocycles. The number of terminal acetylenes is 1. The van der Waals surface area contributed by atoms with Crippen LogP contribution < -0.4 is 11.3 Å². The maximum absolute atomic E-state index is 13.1. The molecule has 3 nitrogen and oxygen atoms in total. The summed E-state index contributed by atoms with van der Waals surface area (Å²) in [6.45, 7) is 4.77. The van der Waals surface area contributed by atoms with Crippen LogP contribution in [-0.2, 0) is 12.8 Å². The van der Waals surface area contributed by atoms with Gasteiger partial charge in [-0.25, -0.2) is 14.6 Å². The maximum Gasteiger partial charge on any atom is 0.249 e. The predicted octanol–water partition coefficient (Wildman–Crippen LogP) is 4.75. The molecule has 3 N–H and O–H groups in total. The lowest BCUT2D eigenvalue weighted by Crippen LogP contribution is -2.21. The van der Waals surface area contributed by atoms with Gasteiger partial charge in [-0.3, -0.25) is 0 Å². The number of nitrogens with two attached hydrogens (primary N) is 1. The summed E-state index contributed by atoms with van der Waals surface area (Å²) in [7, 11) is 0. The van der Waals surface area contributed by atoms with Gasteiger partial charge in [0.1, 0.15) is 11.8 Å². The van der Waals surface area contributed by atoms with Gasteiger partial charge in [-0.1, -0.05) is 48.0 Å². The zero-order valence-electron chi connectivity index (χ0n) is 16.4. The number of hydrazine groups is 1. The number of hydrogen-bond acceptors (Lipinski definition) is 3. The van der Waals surface area contributed by atoms with Gasteiger partial charge in [-0.15, -0.1) is 12.8 Å². The molecule has 2 rings (SSSR count). The molecule has 0 fully saturated rings. The molecule has 2 aromatic carbocycles. The van der Waals surface area contributed by atoms with E-state index in [0.717, 1.165) is 34.8 Å². The van der Waals surface area contributed by atoms with Crippen LogP contribution in [0.3, 0.4) is 0 Å². The zero-order chi connectivity index (χ0) is 21.3. The molecule has 2 aromatic rings. The Hall–Kier alpha value is -3.15. The summed E-state index contributed by atoms with van der Waals surface area (Å²) in [5, 5.41) is 9.13. The number of benzene rings is 2. The first-order chi connectivity index (χ1) is 13.2. The van der Waals surface area contributed by atoms with Gasteiger partial charge in [0.05, 0.1) is 0 Å². The molecule has 0 unspecified atom stereocenters. The lowest BCUT2D eigenvalue weighted by atomic mass is 9.96. The van der Waals surface area contributed by atoms with Crippen LogP contribution in [0.4, 0.5) is 8.78 Å². The van der Waals surface area contributed by atoms with E-state index in [-0.39, 0.29) is 6.42 Å². The molecule has 0 bridgehead atoms. The van der Waals surface area contributed by atoms with Crippen molar-refractivity contribution in [3.05, 3.63) is 76.0 Å². The van der Waals surface area contributed by atoms with Gasteiger partial charge in [0.15, 0.2) is 0 Å². The van der Waals surface area contributed by atoms with Crippen LogP contribution in [0, 0.1) is 31.1 Å². The molecule has 5 heteroatoms. The highest BCUT2D eigenvalue weighted by Crippen LogP contribution is 2.23. The van der Waals surface area contributed by atoms with E-state index in [2.05, 4.69) is 24.3 Å². The van der Waals surface area contributed by atoms with Gasteiger partial charge < -0.3 is 5.43 Å². The molecule has 28 heavy (non-hydrogen) atoms. The number of hydrogen-bond donors (Lipinski definition) is 2. The Balaban J connectivity index is 0.00000190. The van der Waals surface area contributed by atoms with E-state index in [9.17, 15) is 8.78 Å². The highest BCUT2D eigenvalue weighted by molar-refractivity contribution is 5.70. The van der Waals surface area contributed by atoms with E-state index in [1.807, 2.05) is 44.2 Å². The van der Waals surface area contributed by atoms with E-state index in [1.165, 1.54) is 0 Å². The van der Waals surface area contributed by atoms with Crippen LogP contribution >= 0.6 is 0 Å². The third-order valence-electron chi connectivity index (χ3n) is 4.15. The number of allylic oxidation sites excluding steroid dienone is 2. The second kappa shape index (κ2) is 10.3. The summed E-state index contributed by atoms with van der Waals surface area (Å²) in [6.07, 6.45) is 8.43. The van der Waals surface area contributed by atoms with Gasteiger partial charge >= 0.3 is 0 Å². The number of nitrogens with one attached hydrogen (secondary N) is 1. The molecule has 0 aliphatic heterocycles. The predicted molar refractivity (Wildman–Crippen MR) is 110 cm³/mol. The van der Waals surface area contributed by atoms with E-state index in [4.69, 9.17) is 11.1 Å². The summed E-state index contributed by atoms with van der Waals surface area (Å²) in [5.74, 6) is 2.69. The number of rotatable bonds is 6. The summed E-state index contributed by atoms with van der Waals surface area (Å²) >= 11 is 0. The first kappa shape index (κ1) is 22.9. The summed E-state index contributed by atoms with van der Waals surface area (Å²) in [6, 6.07) is 15.4. The van der Waals surface area contributed by atoms with Crippen LogP contribution in [0.5, 0.6) is 0 Å². The number of alkyl halides is 2. The molecule has 0 saturated carbocycles. The second-order valence-electron chi connectivity index (χ2n) is 6.70. The SMILES string of the molecule is C#C.C/C(=C(/C#N)NN)c1cc(C)cc(Cc2ccc(CC(C)(F)F)cc2)c1. The number of nitrogens with zero attached hydrogens (tertiary/aromatic N) is 1. The number of halogens is 2. The molecule has 0 amide bonds. The van der Waals surface area contributed by atoms with E-state index >= 15 is 0 Å². The Kier molecular flexibility index (Phi) is 8.38. The van der Waals surface area contributed by atoms with Gasteiger partial charge in [0.25, 0.3) is 0 Å². The van der Waals surface area contributed by atoms with Crippen LogP contribution in [0.2, 0.25) is 0 Å². The van der Waals surface area contributed by atoms with Crippen LogP contribution in [0.15, 0.2) is 48.2 Å². The topological polar surface area (TPSA) is 61.8 Å². The summed E-state index contributed by atoms with van der Waals surface area (Å²) in [4.78, 5) is 0. The molecular weight excluding hydrogens is 356 g/mol. The largest absolute Gasteiger partial charge is 0.315 e. The Labute approximate surface area is 165 Å². The minimum Gasteiger partial charge on any atom is -0.315 e. The highest BCUT2D eigenvalue weighted by Gasteiger charge is 2.21. The third kappa shape index (κ3) is 6.87. The van der Waals surface area contributed by atoms with Crippen molar-refractivity contribution in [2.75, 3.05) is 0 Å². The van der Waals surface area contributed by atoms with Crippen LogP contribution in [0.1, 0.15) is 41.7 Å². The minimum atomic E-state index is -2.70. The normalized spacial score (nSPS) is 11.5. The van der Waals surface area contributed by atoms with Crippen molar-refractivity contribution in [3.8, 4) is 18.9 Å². The monoisotopic (exact) mass is 381 g/mol. The molecule has 0 atom stereocenters. The molecule has 0 heterocycles. The second-order valence-corrected chi connectivity index (χ2v) is 6.70. The molecular formula is C23H25F2N3. The fourth-order valence-corrected chi connectivity index (χ4v) is 2.92. The maximum atomic E-state index is 13.1. The van der Waals surface area contributed by atoms with Crippen molar-refractivity contribution in [2.24, 2.45) is 5.84 Å². The fourth-order valence-electron chi connectivity index (χ4n) is 2.92. The highest BCUT2D eigenvalue weighted by atomic mass is 19.3. The van der Waals surface area contributed by atoms with Gasteiger partial charge in [0.2, 0.25) is 5.92 Å². The standard InChI is InChI=1S/C21H23F2N3.C2H2/c1-14-8-18(11-19(9-14)15(2)20(13-24)26-25)10-16-4-6-17(7-5-16)12-21(3,22)23;1-2/h4-9,11,26H,10,12,25H2,1-3H3;1-2H/b20-15+;. The molecule has 0 radical (unpaired) electrons. The smallest absolute Gasteiger partial charge is 0.249 e. The lowest BCUT2D eigenvalue weighted by Gasteiger charge is -2.12. The molecule has 0 saturated heterocycles. The number of nitriles is 1. The lowest BCUT2D eigenvalue weighted by molar-refractivity contribution is 0.0226. The first-order valence-corrected chi connectivity index (χ1v) is 8.69. The average Bonchev–Trinajstić information content (AvgIpc) is 2.64. The van der Waals surface area contributed by atoms with Crippen molar-refractivity contribution in [3.63, 3.8) is 0 Å². The third-order valence-corrected chi connectivity index (χ3v) is 4.15. The van der Waals surface area contributed by atoms with Crippen LogP contribution in [-0.4, -0.2) is 5.92 Å². The van der Waals surface area contributed by atoms with Crippen molar-refractivity contribution < 1.29 is 8.78 Å². The first-order valence-electron chi connectivity index (χ1n) is 8.69. The quantitative estimate of drug-likeness (QED) is 0.328. The zero-order valence-corrected chi connectivity index (χ0v) is 16.4.